The van der Waals surface area contributed by atoms with E-state index in [1.165, 1.54) is 4.90 Å². The summed E-state index contributed by atoms with van der Waals surface area (Å²) in [6, 6.07) is 6.89. The molecule has 0 radical (unpaired) electrons. The van der Waals surface area contributed by atoms with Gasteiger partial charge in [0.05, 0.1) is 29.2 Å². The van der Waals surface area contributed by atoms with Crippen molar-refractivity contribution in [2.75, 3.05) is 31.2 Å². The van der Waals surface area contributed by atoms with Gasteiger partial charge in [0.2, 0.25) is 5.91 Å². The Morgan fingerprint density at radius 3 is 2.69 bits per heavy atom. The van der Waals surface area contributed by atoms with Crippen LogP contribution in [0.1, 0.15) is 50.0 Å². The second kappa shape index (κ2) is 11.0. The molecular weight excluding hydrogens is 454 g/mol. The van der Waals surface area contributed by atoms with Crippen LogP contribution in [0.15, 0.2) is 18.2 Å². The van der Waals surface area contributed by atoms with Crippen LogP contribution in [0.2, 0.25) is 5.02 Å². The van der Waals surface area contributed by atoms with E-state index in [4.69, 9.17) is 16.3 Å². The number of ether oxygens (including phenoxy) is 1. The molecule has 8 nitrogen and oxygen atoms in total. The first kappa shape index (κ1) is 24.3. The van der Waals surface area contributed by atoms with Crippen molar-refractivity contribution in [2.45, 2.75) is 44.4 Å². The topological polar surface area (TPSA) is 117 Å². The van der Waals surface area contributed by atoms with Crippen LogP contribution in [0.5, 0.6) is 5.75 Å². The van der Waals surface area contributed by atoms with Gasteiger partial charge in [-0.25, -0.2) is 13.2 Å². The molecule has 2 fully saturated rings. The number of sulfone groups is 1. The van der Waals surface area contributed by atoms with Gasteiger partial charge in [-0.2, -0.15) is 5.26 Å². The molecule has 1 aliphatic heterocycles. The highest BCUT2D eigenvalue weighted by Gasteiger charge is 2.26. The molecule has 2 aliphatic rings. The number of carbonyl (C=O) groups excluding carboxylic acids is 2. The molecule has 1 heterocycles. The second-order valence-electron chi connectivity index (χ2n) is 8.45. The van der Waals surface area contributed by atoms with Crippen LogP contribution in [0.4, 0.5) is 4.79 Å². The summed E-state index contributed by atoms with van der Waals surface area (Å²) in [5.74, 6) is 0.215. The summed E-state index contributed by atoms with van der Waals surface area (Å²) in [5.41, 5.74) is 0.732. The normalized spacial score (nSPS) is 17.2. The van der Waals surface area contributed by atoms with Crippen molar-refractivity contribution >= 4 is 33.4 Å². The SMILES string of the molecule is N#CC[C@@H](CS(=O)(=O)CCCCCN1CC(=O)NC1=O)c1ccc(Cl)c(OCC2CC2)c1. The number of urea groups is 1. The number of amides is 3. The molecule has 0 aromatic heterocycles. The lowest BCUT2D eigenvalue weighted by Gasteiger charge is -2.17. The summed E-state index contributed by atoms with van der Waals surface area (Å²) in [4.78, 5) is 24.1. The predicted octanol–water partition coefficient (Wildman–Crippen LogP) is 3.26. The largest absolute Gasteiger partial charge is 0.492 e. The van der Waals surface area contributed by atoms with Crippen molar-refractivity contribution < 1.29 is 22.7 Å². The summed E-state index contributed by atoms with van der Waals surface area (Å²) < 4.78 is 31.2. The number of benzene rings is 1. The van der Waals surface area contributed by atoms with Gasteiger partial charge in [0.1, 0.15) is 12.3 Å². The number of unbranched alkanes of at least 4 members (excludes halogenated alkanes) is 2. The van der Waals surface area contributed by atoms with Gasteiger partial charge in [-0.3, -0.25) is 10.1 Å². The van der Waals surface area contributed by atoms with Gasteiger partial charge < -0.3 is 9.64 Å². The standard InChI is InChI=1S/C22H28ClN3O5S/c23-19-7-6-17(12-20(19)31-14-16-4-5-16)18(8-9-24)15-32(29,30)11-3-1-2-10-26-13-21(27)25-22(26)28/h6-7,12,16,18H,1-5,8,10-11,13-15H2,(H,25,27,28)/t18-/m0/s1. The minimum atomic E-state index is -3.38. The number of hydrogen-bond acceptors (Lipinski definition) is 6. The van der Waals surface area contributed by atoms with Crippen LogP contribution in [-0.4, -0.2) is 56.5 Å². The third-order valence-electron chi connectivity index (χ3n) is 5.64. The highest BCUT2D eigenvalue weighted by molar-refractivity contribution is 7.91. The molecule has 3 amide bonds. The molecule has 1 aliphatic carbocycles. The highest BCUT2D eigenvalue weighted by Crippen LogP contribution is 2.34. The first-order valence-electron chi connectivity index (χ1n) is 10.9. The van der Waals surface area contributed by atoms with Gasteiger partial charge in [0.15, 0.2) is 9.84 Å². The number of halogens is 1. The lowest BCUT2D eigenvalue weighted by atomic mass is 9.98. The average molecular weight is 482 g/mol. The number of carbonyl (C=O) groups is 2. The van der Waals surface area contributed by atoms with E-state index in [0.29, 0.717) is 49.1 Å². The van der Waals surface area contributed by atoms with Crippen molar-refractivity contribution in [2.24, 2.45) is 5.92 Å². The molecule has 1 aromatic carbocycles. The number of rotatable bonds is 13. The Morgan fingerprint density at radius 2 is 2.03 bits per heavy atom. The summed E-state index contributed by atoms with van der Waals surface area (Å²) in [5, 5.41) is 11.9. The maximum Gasteiger partial charge on any atom is 0.324 e. The Hall–Kier alpha value is -2.31. The first-order chi connectivity index (χ1) is 15.3. The molecular formula is C22H28ClN3O5S. The van der Waals surface area contributed by atoms with Crippen molar-refractivity contribution in [3.05, 3.63) is 28.8 Å². The van der Waals surface area contributed by atoms with Crippen molar-refractivity contribution in [3.8, 4) is 11.8 Å². The zero-order valence-corrected chi connectivity index (χ0v) is 19.5. The maximum absolute atomic E-state index is 12.7. The van der Waals surface area contributed by atoms with Gasteiger partial charge in [0.25, 0.3) is 0 Å². The summed E-state index contributed by atoms with van der Waals surface area (Å²) >= 11 is 6.22. The quantitative estimate of drug-likeness (QED) is 0.341. The van der Waals surface area contributed by atoms with E-state index in [2.05, 4.69) is 11.4 Å². The lowest BCUT2D eigenvalue weighted by molar-refractivity contribution is -0.118. The molecule has 174 valence electrons. The zero-order chi connectivity index (χ0) is 23.1. The van der Waals surface area contributed by atoms with Crippen LogP contribution >= 0.6 is 11.6 Å². The van der Waals surface area contributed by atoms with E-state index >= 15 is 0 Å². The average Bonchev–Trinajstić information content (AvgIpc) is 3.50. The number of imide groups is 1. The van der Waals surface area contributed by atoms with Gasteiger partial charge in [-0.05, 0) is 49.3 Å². The molecule has 32 heavy (non-hydrogen) atoms. The molecule has 1 aromatic rings. The molecule has 0 bridgehead atoms. The fourth-order valence-corrected chi connectivity index (χ4v) is 5.52. The number of nitrogens with one attached hydrogen (secondary N) is 1. The minimum absolute atomic E-state index is 0.0126. The molecule has 0 spiro atoms. The zero-order valence-electron chi connectivity index (χ0n) is 17.9. The summed E-state index contributed by atoms with van der Waals surface area (Å²) in [7, 11) is -3.38. The number of hydrogen-bond donors (Lipinski definition) is 1. The van der Waals surface area contributed by atoms with E-state index in [9.17, 15) is 23.3 Å². The predicted molar refractivity (Wildman–Crippen MR) is 120 cm³/mol. The number of nitriles is 1. The van der Waals surface area contributed by atoms with Crippen molar-refractivity contribution in [3.63, 3.8) is 0 Å². The van der Waals surface area contributed by atoms with Gasteiger partial charge in [-0.1, -0.05) is 24.1 Å². The van der Waals surface area contributed by atoms with E-state index in [-0.39, 0.29) is 30.4 Å². The van der Waals surface area contributed by atoms with Crippen LogP contribution in [-0.2, 0) is 14.6 Å². The monoisotopic (exact) mass is 481 g/mol. The van der Waals surface area contributed by atoms with Gasteiger partial charge in [0, 0.05) is 18.9 Å². The smallest absolute Gasteiger partial charge is 0.324 e. The van der Waals surface area contributed by atoms with E-state index < -0.39 is 21.8 Å². The molecule has 1 atom stereocenters. The lowest BCUT2D eigenvalue weighted by Crippen LogP contribution is -2.29. The van der Waals surface area contributed by atoms with Gasteiger partial charge in [-0.15, -0.1) is 0 Å². The molecule has 1 saturated heterocycles. The fourth-order valence-electron chi connectivity index (χ4n) is 3.61. The van der Waals surface area contributed by atoms with Gasteiger partial charge >= 0.3 is 6.03 Å². The second-order valence-corrected chi connectivity index (χ2v) is 11.1. The highest BCUT2D eigenvalue weighted by atomic mass is 35.5. The molecule has 1 N–H and O–H groups in total. The molecule has 10 heteroatoms. The van der Waals surface area contributed by atoms with Crippen LogP contribution in [0.25, 0.3) is 0 Å². The van der Waals surface area contributed by atoms with Crippen LogP contribution in [0, 0.1) is 17.2 Å². The molecule has 1 saturated carbocycles. The summed E-state index contributed by atoms with van der Waals surface area (Å²) in [6.45, 7) is 1.07. The van der Waals surface area contributed by atoms with Crippen LogP contribution in [0.3, 0.4) is 0 Å². The Morgan fingerprint density at radius 1 is 1.25 bits per heavy atom. The fraction of sp³-hybridized carbons (Fsp3) is 0.591. The van der Waals surface area contributed by atoms with E-state index in [1.807, 2.05) is 0 Å². The minimum Gasteiger partial charge on any atom is -0.492 e. The Bertz CT molecular complexity index is 988. The van der Waals surface area contributed by atoms with Crippen LogP contribution < -0.4 is 10.1 Å². The Kier molecular flexibility index (Phi) is 8.38. The van der Waals surface area contributed by atoms with Crippen molar-refractivity contribution in [1.82, 2.24) is 10.2 Å². The maximum atomic E-state index is 12.7. The third kappa shape index (κ3) is 7.38. The van der Waals surface area contributed by atoms with Crippen molar-refractivity contribution in [1.29, 1.82) is 5.26 Å². The Labute approximate surface area is 193 Å². The Balaban J connectivity index is 1.50. The number of nitrogens with zero attached hydrogens (tertiary/aromatic N) is 2. The summed E-state index contributed by atoms with van der Waals surface area (Å²) in [6.07, 6.45) is 4.09. The molecule has 3 rings (SSSR count). The molecule has 0 unspecified atom stereocenters. The first-order valence-corrected chi connectivity index (χ1v) is 13.1. The third-order valence-corrected chi connectivity index (χ3v) is 7.78. The van der Waals surface area contributed by atoms with E-state index in [0.717, 1.165) is 18.4 Å². The van der Waals surface area contributed by atoms with E-state index in [1.54, 1.807) is 18.2 Å².